The normalized spacial score (nSPS) is 20.0. The first-order valence-corrected chi connectivity index (χ1v) is 13.6. The predicted molar refractivity (Wildman–Crippen MR) is 151 cm³/mol. The van der Waals surface area contributed by atoms with Crippen LogP contribution in [0.3, 0.4) is 0 Å². The maximum Gasteiger partial charge on any atom is 0.246 e. The summed E-state index contributed by atoms with van der Waals surface area (Å²) in [4.78, 5) is 32.1. The average molecular weight is 551 g/mol. The molecule has 2 aliphatic rings. The number of carbonyl (C=O) groups is 1. The molecule has 1 aliphatic carbocycles. The zero-order valence-electron chi connectivity index (χ0n) is 22.4. The third kappa shape index (κ3) is 4.52. The van der Waals surface area contributed by atoms with Crippen molar-refractivity contribution in [2.75, 3.05) is 11.9 Å². The Balaban J connectivity index is 1.14. The lowest BCUT2D eigenvalue weighted by Crippen LogP contribution is -2.34. The van der Waals surface area contributed by atoms with Gasteiger partial charge >= 0.3 is 0 Å². The molecule has 4 aromatic heterocycles. The Morgan fingerprint density at radius 2 is 2.05 bits per heavy atom. The number of fused-ring (bicyclic) bond motifs is 3. The zero-order chi connectivity index (χ0) is 28.1. The Labute approximate surface area is 234 Å². The summed E-state index contributed by atoms with van der Waals surface area (Å²) in [6.07, 6.45) is 8.85. The lowest BCUT2D eigenvalue weighted by Gasteiger charge is -2.23. The maximum absolute atomic E-state index is 15.3. The van der Waals surface area contributed by atoms with Crippen LogP contribution in [0, 0.1) is 18.7 Å². The van der Waals surface area contributed by atoms with E-state index < -0.39 is 5.82 Å². The topological polar surface area (TPSA) is 110 Å². The summed E-state index contributed by atoms with van der Waals surface area (Å²) in [5.41, 5.74) is 3.78. The van der Waals surface area contributed by atoms with Gasteiger partial charge in [-0.25, -0.2) is 28.8 Å². The second-order valence-electron chi connectivity index (χ2n) is 10.6. The van der Waals surface area contributed by atoms with Gasteiger partial charge < -0.3 is 15.0 Å². The van der Waals surface area contributed by atoms with E-state index in [9.17, 15) is 4.79 Å². The summed E-state index contributed by atoms with van der Waals surface area (Å²) < 4.78 is 22.9. The largest absolute Gasteiger partial charge is 0.457 e. The van der Waals surface area contributed by atoms with Crippen molar-refractivity contribution in [3.05, 3.63) is 85.0 Å². The molecule has 0 bridgehead atoms. The van der Waals surface area contributed by atoms with E-state index in [2.05, 4.69) is 31.9 Å². The summed E-state index contributed by atoms with van der Waals surface area (Å²) in [6, 6.07) is 10.6. The van der Waals surface area contributed by atoms with E-state index in [4.69, 9.17) is 9.72 Å². The molecule has 0 spiro atoms. The first-order chi connectivity index (χ1) is 20.0. The van der Waals surface area contributed by atoms with Crippen molar-refractivity contribution in [3.63, 3.8) is 0 Å². The Morgan fingerprint density at radius 3 is 2.93 bits per heavy atom. The number of benzene rings is 1. The van der Waals surface area contributed by atoms with Crippen LogP contribution in [0.15, 0.2) is 67.9 Å². The van der Waals surface area contributed by atoms with Crippen molar-refractivity contribution >= 4 is 34.1 Å². The van der Waals surface area contributed by atoms with Gasteiger partial charge in [0.15, 0.2) is 11.5 Å². The van der Waals surface area contributed by atoms with Crippen molar-refractivity contribution in [1.82, 2.24) is 34.4 Å². The van der Waals surface area contributed by atoms with Crippen LogP contribution in [-0.2, 0) is 4.79 Å². The number of ether oxygens (including phenoxy) is 1. The molecule has 1 aromatic carbocycles. The number of likely N-dealkylation sites (tertiary alicyclic amines) is 1. The molecule has 0 radical (unpaired) electrons. The van der Waals surface area contributed by atoms with E-state index in [1.54, 1.807) is 28.9 Å². The van der Waals surface area contributed by atoms with Gasteiger partial charge in [-0.2, -0.15) is 5.10 Å². The first kappa shape index (κ1) is 25.1. The third-order valence-electron chi connectivity index (χ3n) is 8.18. The SMILES string of the molecule is C=CC(=O)N1CC[C@H]2CC(c3ccc4ncnc(Nc5cc(C)c(Oc6ccn7ncnc7c6)cc5F)c4n3)C[C@H]21. The lowest BCUT2D eigenvalue weighted by atomic mass is 9.99. The van der Waals surface area contributed by atoms with Gasteiger partial charge in [0.25, 0.3) is 0 Å². The van der Waals surface area contributed by atoms with Crippen LogP contribution in [0.25, 0.3) is 16.7 Å². The minimum atomic E-state index is -0.493. The molecule has 5 aromatic rings. The van der Waals surface area contributed by atoms with E-state index in [1.165, 1.54) is 24.8 Å². The van der Waals surface area contributed by atoms with E-state index in [0.717, 1.165) is 37.1 Å². The number of anilines is 2. The van der Waals surface area contributed by atoms with Crippen LogP contribution < -0.4 is 10.1 Å². The molecule has 1 N–H and O–H groups in total. The maximum atomic E-state index is 15.3. The number of aryl methyl sites for hydroxylation is 1. The summed E-state index contributed by atoms with van der Waals surface area (Å²) in [5.74, 6) is 1.52. The highest BCUT2D eigenvalue weighted by Gasteiger charge is 2.44. The van der Waals surface area contributed by atoms with Crippen LogP contribution >= 0.6 is 0 Å². The van der Waals surface area contributed by atoms with E-state index in [0.29, 0.717) is 39.9 Å². The van der Waals surface area contributed by atoms with Crippen LogP contribution in [0.1, 0.15) is 36.4 Å². The molecule has 1 unspecified atom stereocenters. The highest BCUT2D eigenvalue weighted by Crippen LogP contribution is 2.46. The van der Waals surface area contributed by atoms with Crippen molar-refractivity contribution in [1.29, 1.82) is 0 Å². The van der Waals surface area contributed by atoms with Gasteiger partial charge in [0.05, 0.1) is 11.2 Å². The van der Waals surface area contributed by atoms with E-state index >= 15 is 4.39 Å². The Hall–Kier alpha value is -4.93. The molecule has 1 saturated heterocycles. The Morgan fingerprint density at radius 1 is 1.15 bits per heavy atom. The number of hydrogen-bond acceptors (Lipinski definition) is 8. The standard InChI is InChI=1S/C30H27FN8O2/c1-3-28(40)38-8-6-18-11-19(12-25(18)38)22-4-5-23-29(36-22)30(34-15-32-23)37-24-10-17(2)26(14-21(24)31)41-20-7-9-39-27(13-20)33-16-35-39/h3-5,7,9-10,13-16,18-19,25H,1,6,8,11-12H2,2H3,(H,32,34,37)/t18-,19?,25+/m0/s1. The number of nitrogens with zero attached hydrogens (tertiary/aromatic N) is 7. The molecular formula is C30H27FN8O2. The Bertz CT molecular complexity index is 1820. The Kier molecular flexibility index (Phi) is 6.06. The third-order valence-corrected chi connectivity index (χ3v) is 8.18. The van der Waals surface area contributed by atoms with Crippen LogP contribution in [-0.4, -0.2) is 52.9 Å². The van der Waals surface area contributed by atoms with Crippen molar-refractivity contribution in [2.45, 2.75) is 38.1 Å². The molecule has 1 saturated carbocycles. The lowest BCUT2D eigenvalue weighted by molar-refractivity contribution is -0.126. The molecule has 3 atom stereocenters. The first-order valence-electron chi connectivity index (χ1n) is 13.6. The summed E-state index contributed by atoms with van der Waals surface area (Å²) in [5, 5.41) is 7.20. The molecular weight excluding hydrogens is 523 g/mol. The van der Waals surface area contributed by atoms with Gasteiger partial charge in [-0.05, 0) is 68.0 Å². The number of rotatable bonds is 6. The predicted octanol–water partition coefficient (Wildman–Crippen LogP) is 5.33. The number of nitrogens with one attached hydrogen (secondary N) is 1. The van der Waals surface area contributed by atoms with Gasteiger partial charge in [-0.15, -0.1) is 0 Å². The number of aromatic nitrogens is 6. The molecule has 1 aliphatic heterocycles. The zero-order valence-corrected chi connectivity index (χ0v) is 22.4. The van der Waals surface area contributed by atoms with E-state index in [1.807, 2.05) is 24.0 Å². The van der Waals surface area contributed by atoms with Gasteiger partial charge in [0.1, 0.15) is 35.5 Å². The monoisotopic (exact) mass is 550 g/mol. The molecule has 41 heavy (non-hydrogen) atoms. The van der Waals surface area contributed by atoms with Gasteiger partial charge in [-0.3, -0.25) is 4.79 Å². The fourth-order valence-electron chi connectivity index (χ4n) is 6.16. The highest BCUT2D eigenvalue weighted by atomic mass is 19.1. The van der Waals surface area contributed by atoms with Gasteiger partial charge in [0.2, 0.25) is 5.91 Å². The summed E-state index contributed by atoms with van der Waals surface area (Å²) >= 11 is 0. The minimum Gasteiger partial charge on any atom is -0.457 e. The van der Waals surface area contributed by atoms with Crippen molar-refractivity contribution in [3.8, 4) is 11.5 Å². The molecule has 7 rings (SSSR count). The van der Waals surface area contributed by atoms with Crippen LogP contribution in [0.2, 0.25) is 0 Å². The quantitative estimate of drug-likeness (QED) is 0.283. The number of hydrogen-bond donors (Lipinski definition) is 1. The molecule has 206 valence electrons. The molecule has 2 fully saturated rings. The number of pyridine rings is 2. The molecule has 11 heteroatoms. The van der Waals surface area contributed by atoms with Crippen LogP contribution in [0.5, 0.6) is 11.5 Å². The van der Waals surface area contributed by atoms with Crippen molar-refractivity contribution < 1.29 is 13.9 Å². The van der Waals surface area contributed by atoms with Gasteiger partial charge in [-0.1, -0.05) is 6.58 Å². The number of carbonyl (C=O) groups excluding carboxylic acids is 1. The smallest absolute Gasteiger partial charge is 0.246 e. The fraction of sp³-hybridized carbons (Fsp3) is 0.267. The molecule has 5 heterocycles. The van der Waals surface area contributed by atoms with Gasteiger partial charge in [0, 0.05) is 42.5 Å². The van der Waals surface area contributed by atoms with Crippen molar-refractivity contribution in [2.24, 2.45) is 5.92 Å². The summed E-state index contributed by atoms with van der Waals surface area (Å²) in [6.45, 7) is 6.29. The highest BCUT2D eigenvalue weighted by molar-refractivity contribution is 5.88. The minimum absolute atomic E-state index is 0.00497. The molecule has 1 amide bonds. The fourth-order valence-corrected chi connectivity index (χ4v) is 6.16. The van der Waals surface area contributed by atoms with E-state index in [-0.39, 0.29) is 23.6 Å². The second kappa shape index (κ2) is 9.92. The number of amides is 1. The van der Waals surface area contributed by atoms with Crippen LogP contribution in [0.4, 0.5) is 15.9 Å². The number of halogens is 1. The second-order valence-corrected chi connectivity index (χ2v) is 10.6. The summed E-state index contributed by atoms with van der Waals surface area (Å²) in [7, 11) is 0. The average Bonchev–Trinajstić information content (AvgIpc) is 3.71. The molecule has 10 nitrogen and oxygen atoms in total.